The standard InChI is InChI=1S/C14H14N2O2/c1-10(17)13-7-12(15)4-5-14(13)18-9-11-3-2-6-16-8-11/h2-8H,9,15H2,1H3. The zero-order valence-corrected chi connectivity index (χ0v) is 10.1. The van der Waals surface area contributed by atoms with Gasteiger partial charge in [-0.2, -0.15) is 0 Å². The number of aromatic nitrogens is 1. The maximum atomic E-state index is 11.5. The topological polar surface area (TPSA) is 65.2 Å². The first-order valence-corrected chi connectivity index (χ1v) is 5.59. The molecule has 0 fully saturated rings. The molecule has 0 atom stereocenters. The van der Waals surface area contributed by atoms with Gasteiger partial charge in [-0.05, 0) is 31.2 Å². The van der Waals surface area contributed by atoms with E-state index >= 15 is 0 Å². The first kappa shape index (κ1) is 12.1. The van der Waals surface area contributed by atoms with Gasteiger partial charge in [-0.25, -0.2) is 0 Å². The average molecular weight is 242 g/mol. The van der Waals surface area contributed by atoms with Crippen molar-refractivity contribution >= 4 is 11.5 Å². The lowest BCUT2D eigenvalue weighted by Crippen LogP contribution is -2.02. The number of anilines is 1. The highest BCUT2D eigenvalue weighted by Gasteiger charge is 2.09. The van der Waals surface area contributed by atoms with Crippen molar-refractivity contribution in [3.8, 4) is 5.75 Å². The Kier molecular flexibility index (Phi) is 3.57. The number of ketones is 1. The Labute approximate surface area is 105 Å². The lowest BCUT2D eigenvalue weighted by atomic mass is 10.1. The molecule has 2 aromatic rings. The summed E-state index contributed by atoms with van der Waals surface area (Å²) < 4.78 is 5.62. The summed E-state index contributed by atoms with van der Waals surface area (Å²) in [5, 5.41) is 0. The number of Topliss-reactive ketones (excluding diaryl/α,β-unsaturated/α-hetero) is 1. The number of hydrogen-bond acceptors (Lipinski definition) is 4. The van der Waals surface area contributed by atoms with Gasteiger partial charge in [0.15, 0.2) is 5.78 Å². The van der Waals surface area contributed by atoms with Crippen LogP contribution in [0.15, 0.2) is 42.7 Å². The van der Waals surface area contributed by atoms with Crippen LogP contribution in [0.5, 0.6) is 5.75 Å². The molecule has 4 heteroatoms. The van der Waals surface area contributed by atoms with Gasteiger partial charge in [-0.1, -0.05) is 6.07 Å². The lowest BCUT2D eigenvalue weighted by Gasteiger charge is -2.10. The largest absolute Gasteiger partial charge is 0.488 e. The molecule has 0 aliphatic carbocycles. The predicted molar refractivity (Wildman–Crippen MR) is 69.4 cm³/mol. The van der Waals surface area contributed by atoms with Gasteiger partial charge in [0, 0.05) is 23.6 Å². The third kappa shape index (κ3) is 2.85. The molecule has 1 aromatic heterocycles. The van der Waals surface area contributed by atoms with Gasteiger partial charge in [-0.15, -0.1) is 0 Å². The Morgan fingerprint density at radius 3 is 2.89 bits per heavy atom. The van der Waals surface area contributed by atoms with Crippen LogP contribution in [0.1, 0.15) is 22.8 Å². The number of benzene rings is 1. The van der Waals surface area contributed by atoms with E-state index in [4.69, 9.17) is 10.5 Å². The fourth-order valence-electron chi connectivity index (χ4n) is 1.59. The normalized spacial score (nSPS) is 10.1. The fraction of sp³-hybridized carbons (Fsp3) is 0.143. The van der Waals surface area contributed by atoms with Crippen LogP contribution < -0.4 is 10.5 Å². The molecule has 0 saturated heterocycles. The van der Waals surface area contributed by atoms with Crippen LogP contribution >= 0.6 is 0 Å². The minimum absolute atomic E-state index is 0.0662. The monoisotopic (exact) mass is 242 g/mol. The van der Waals surface area contributed by atoms with E-state index < -0.39 is 0 Å². The summed E-state index contributed by atoms with van der Waals surface area (Å²) in [5.74, 6) is 0.476. The van der Waals surface area contributed by atoms with E-state index in [1.807, 2.05) is 12.1 Å². The summed E-state index contributed by atoms with van der Waals surface area (Å²) in [6, 6.07) is 8.81. The molecule has 2 N–H and O–H groups in total. The number of nitrogens with two attached hydrogens (primary N) is 1. The van der Waals surface area contributed by atoms with Crippen molar-refractivity contribution in [1.29, 1.82) is 0 Å². The van der Waals surface area contributed by atoms with Crippen LogP contribution in [0.25, 0.3) is 0 Å². The molecule has 0 saturated carbocycles. The van der Waals surface area contributed by atoms with Crippen LogP contribution in [0.2, 0.25) is 0 Å². The number of carbonyl (C=O) groups excluding carboxylic acids is 1. The maximum absolute atomic E-state index is 11.5. The van der Waals surface area contributed by atoms with Crippen LogP contribution in [0.3, 0.4) is 0 Å². The van der Waals surface area contributed by atoms with E-state index in [0.29, 0.717) is 23.6 Å². The number of nitrogens with zero attached hydrogens (tertiary/aromatic N) is 1. The van der Waals surface area contributed by atoms with Crippen molar-refractivity contribution in [3.63, 3.8) is 0 Å². The Hall–Kier alpha value is -2.36. The van der Waals surface area contributed by atoms with E-state index in [1.54, 1.807) is 30.6 Å². The molecule has 0 aliphatic rings. The van der Waals surface area contributed by atoms with Crippen LogP contribution in [-0.4, -0.2) is 10.8 Å². The molecule has 1 aromatic carbocycles. The molecule has 18 heavy (non-hydrogen) atoms. The Balaban J connectivity index is 2.17. The number of rotatable bonds is 4. The van der Waals surface area contributed by atoms with Gasteiger partial charge in [0.05, 0.1) is 5.56 Å². The molecule has 2 rings (SSSR count). The maximum Gasteiger partial charge on any atom is 0.163 e. The lowest BCUT2D eigenvalue weighted by molar-refractivity contribution is 0.101. The Bertz CT molecular complexity index is 553. The summed E-state index contributed by atoms with van der Waals surface area (Å²) in [6.07, 6.45) is 3.43. The minimum atomic E-state index is -0.0662. The zero-order chi connectivity index (χ0) is 13.0. The SMILES string of the molecule is CC(=O)c1cc(N)ccc1OCc1cccnc1. The Morgan fingerprint density at radius 1 is 1.39 bits per heavy atom. The quantitative estimate of drug-likeness (QED) is 0.660. The van der Waals surface area contributed by atoms with Gasteiger partial charge < -0.3 is 10.5 Å². The van der Waals surface area contributed by atoms with Gasteiger partial charge in [0.25, 0.3) is 0 Å². The fourth-order valence-corrected chi connectivity index (χ4v) is 1.59. The van der Waals surface area contributed by atoms with E-state index in [1.165, 1.54) is 6.92 Å². The molecule has 0 unspecified atom stereocenters. The summed E-state index contributed by atoms with van der Waals surface area (Å²) in [7, 11) is 0. The molecule has 1 heterocycles. The van der Waals surface area contributed by atoms with Crippen molar-refractivity contribution in [2.75, 3.05) is 5.73 Å². The molecule has 4 nitrogen and oxygen atoms in total. The smallest absolute Gasteiger partial charge is 0.163 e. The second kappa shape index (κ2) is 5.31. The molecular formula is C14H14N2O2. The molecule has 0 radical (unpaired) electrons. The summed E-state index contributed by atoms with van der Waals surface area (Å²) in [5.41, 5.74) is 7.65. The minimum Gasteiger partial charge on any atom is -0.488 e. The second-order valence-electron chi connectivity index (χ2n) is 3.96. The zero-order valence-electron chi connectivity index (χ0n) is 10.1. The number of pyridine rings is 1. The van der Waals surface area contributed by atoms with E-state index in [9.17, 15) is 4.79 Å². The second-order valence-corrected chi connectivity index (χ2v) is 3.96. The van der Waals surface area contributed by atoms with Crippen LogP contribution in [0.4, 0.5) is 5.69 Å². The predicted octanol–water partition coefficient (Wildman–Crippen LogP) is 2.45. The van der Waals surface area contributed by atoms with Crippen molar-refractivity contribution in [2.24, 2.45) is 0 Å². The average Bonchev–Trinajstić information content (AvgIpc) is 2.38. The highest BCUT2D eigenvalue weighted by molar-refractivity contribution is 5.97. The highest BCUT2D eigenvalue weighted by Crippen LogP contribution is 2.22. The summed E-state index contributed by atoms with van der Waals surface area (Å²) >= 11 is 0. The van der Waals surface area contributed by atoms with Crippen molar-refractivity contribution in [1.82, 2.24) is 4.98 Å². The highest BCUT2D eigenvalue weighted by atomic mass is 16.5. The third-order valence-corrected chi connectivity index (χ3v) is 2.50. The molecule has 0 amide bonds. The molecule has 0 aliphatic heterocycles. The van der Waals surface area contributed by atoms with E-state index in [2.05, 4.69) is 4.98 Å². The number of ether oxygens (including phenoxy) is 1. The van der Waals surface area contributed by atoms with Crippen LogP contribution in [-0.2, 0) is 6.61 Å². The van der Waals surface area contributed by atoms with Crippen molar-refractivity contribution in [2.45, 2.75) is 13.5 Å². The first-order valence-electron chi connectivity index (χ1n) is 5.59. The van der Waals surface area contributed by atoms with Crippen LogP contribution in [0, 0.1) is 0 Å². The molecule has 0 bridgehead atoms. The first-order chi connectivity index (χ1) is 8.66. The number of nitrogen functional groups attached to an aromatic ring is 1. The molecular weight excluding hydrogens is 228 g/mol. The molecule has 92 valence electrons. The number of hydrogen-bond donors (Lipinski definition) is 1. The summed E-state index contributed by atoms with van der Waals surface area (Å²) in [4.78, 5) is 15.5. The van der Waals surface area contributed by atoms with Gasteiger partial charge >= 0.3 is 0 Å². The van der Waals surface area contributed by atoms with Gasteiger partial charge in [0.2, 0.25) is 0 Å². The summed E-state index contributed by atoms with van der Waals surface area (Å²) in [6.45, 7) is 1.86. The van der Waals surface area contributed by atoms with Crippen molar-refractivity contribution < 1.29 is 9.53 Å². The Morgan fingerprint density at radius 2 is 2.22 bits per heavy atom. The number of carbonyl (C=O) groups is 1. The van der Waals surface area contributed by atoms with Gasteiger partial charge in [-0.3, -0.25) is 9.78 Å². The van der Waals surface area contributed by atoms with Gasteiger partial charge in [0.1, 0.15) is 12.4 Å². The van der Waals surface area contributed by atoms with Crippen molar-refractivity contribution in [3.05, 3.63) is 53.9 Å². The van der Waals surface area contributed by atoms with E-state index in [-0.39, 0.29) is 5.78 Å². The molecule has 0 spiro atoms. The van der Waals surface area contributed by atoms with E-state index in [0.717, 1.165) is 5.56 Å². The third-order valence-electron chi connectivity index (χ3n) is 2.50.